The van der Waals surface area contributed by atoms with Crippen molar-refractivity contribution in [2.45, 2.75) is 19.3 Å². The SMILES string of the molecule is O=C(CN1CCN(CC(=O)N2CCOCC2)CC1)Nc1ccc(N2CCCCC2)cc1. The van der Waals surface area contributed by atoms with Crippen molar-refractivity contribution in [2.75, 3.05) is 88.9 Å². The number of hydrogen-bond acceptors (Lipinski definition) is 6. The molecule has 0 atom stereocenters. The van der Waals surface area contributed by atoms with Crippen LogP contribution >= 0.6 is 0 Å². The van der Waals surface area contributed by atoms with Crippen molar-refractivity contribution in [1.82, 2.24) is 14.7 Å². The minimum atomic E-state index is 0.0172. The van der Waals surface area contributed by atoms with Gasteiger partial charge in [-0.15, -0.1) is 0 Å². The molecule has 8 heteroatoms. The molecule has 1 aromatic rings. The van der Waals surface area contributed by atoms with Crippen molar-refractivity contribution in [3.05, 3.63) is 24.3 Å². The summed E-state index contributed by atoms with van der Waals surface area (Å²) in [6.07, 6.45) is 3.84. The molecule has 3 saturated heterocycles. The Balaban J connectivity index is 1.16. The Bertz CT molecular complexity index is 721. The van der Waals surface area contributed by atoms with Crippen molar-refractivity contribution >= 4 is 23.2 Å². The van der Waals surface area contributed by atoms with Crippen LogP contribution in [0.4, 0.5) is 11.4 Å². The van der Waals surface area contributed by atoms with Gasteiger partial charge >= 0.3 is 0 Å². The molecule has 1 aromatic carbocycles. The van der Waals surface area contributed by atoms with Gasteiger partial charge in [-0.1, -0.05) is 0 Å². The van der Waals surface area contributed by atoms with Crippen LogP contribution in [0.15, 0.2) is 24.3 Å². The second kappa shape index (κ2) is 10.9. The topological polar surface area (TPSA) is 68.4 Å². The van der Waals surface area contributed by atoms with Gasteiger partial charge in [-0.05, 0) is 43.5 Å². The Morgan fingerprint density at radius 1 is 0.774 bits per heavy atom. The first kappa shape index (κ1) is 22.0. The predicted octanol–water partition coefficient (Wildman–Crippen LogP) is 1.09. The Kier molecular flexibility index (Phi) is 7.77. The molecular weight excluding hydrogens is 394 g/mol. The lowest BCUT2D eigenvalue weighted by Crippen LogP contribution is -2.52. The molecule has 3 aliphatic heterocycles. The maximum atomic E-state index is 12.5. The van der Waals surface area contributed by atoms with E-state index in [-0.39, 0.29) is 11.8 Å². The Morgan fingerprint density at radius 3 is 2.03 bits per heavy atom. The molecule has 3 heterocycles. The number of morpholine rings is 1. The van der Waals surface area contributed by atoms with Gasteiger partial charge in [0.15, 0.2) is 0 Å². The molecule has 4 rings (SSSR count). The van der Waals surface area contributed by atoms with Gasteiger partial charge < -0.3 is 19.9 Å². The number of amides is 2. The van der Waals surface area contributed by atoms with Gasteiger partial charge in [0.25, 0.3) is 0 Å². The van der Waals surface area contributed by atoms with Crippen molar-refractivity contribution < 1.29 is 14.3 Å². The van der Waals surface area contributed by atoms with Crippen LogP contribution < -0.4 is 10.2 Å². The molecular formula is C23H35N5O3. The van der Waals surface area contributed by atoms with Gasteiger partial charge in [0.1, 0.15) is 0 Å². The smallest absolute Gasteiger partial charge is 0.238 e. The summed E-state index contributed by atoms with van der Waals surface area (Å²) in [5.74, 6) is 0.200. The summed E-state index contributed by atoms with van der Waals surface area (Å²) < 4.78 is 5.31. The van der Waals surface area contributed by atoms with Crippen molar-refractivity contribution in [3.8, 4) is 0 Å². The number of anilines is 2. The summed E-state index contributed by atoms with van der Waals surface area (Å²) in [6.45, 7) is 8.98. The fourth-order valence-electron chi connectivity index (χ4n) is 4.52. The van der Waals surface area contributed by atoms with Crippen LogP contribution in [0.25, 0.3) is 0 Å². The Hall–Kier alpha value is -2.16. The number of piperidine rings is 1. The number of benzene rings is 1. The maximum absolute atomic E-state index is 12.5. The first-order chi connectivity index (χ1) is 15.2. The third-order valence-electron chi connectivity index (χ3n) is 6.43. The summed E-state index contributed by atoms with van der Waals surface area (Å²) >= 11 is 0. The van der Waals surface area contributed by atoms with Crippen LogP contribution in [0.2, 0.25) is 0 Å². The standard InChI is InChI=1S/C23H35N5O3/c29-22(24-20-4-6-21(7-5-20)27-8-2-1-3-9-27)18-25-10-12-26(13-11-25)19-23(30)28-14-16-31-17-15-28/h4-7H,1-3,8-19H2,(H,24,29). The average molecular weight is 430 g/mol. The second-order valence-corrected chi connectivity index (χ2v) is 8.69. The van der Waals surface area contributed by atoms with Gasteiger partial charge in [0.2, 0.25) is 11.8 Å². The zero-order valence-corrected chi connectivity index (χ0v) is 18.4. The van der Waals surface area contributed by atoms with Crippen LogP contribution in [0, 0.1) is 0 Å². The largest absolute Gasteiger partial charge is 0.378 e. The number of carbonyl (C=O) groups is 2. The van der Waals surface area contributed by atoms with Gasteiger partial charge in [-0.25, -0.2) is 0 Å². The highest BCUT2D eigenvalue weighted by atomic mass is 16.5. The minimum Gasteiger partial charge on any atom is -0.378 e. The lowest BCUT2D eigenvalue weighted by molar-refractivity contribution is -0.137. The summed E-state index contributed by atoms with van der Waals surface area (Å²) in [7, 11) is 0. The molecule has 8 nitrogen and oxygen atoms in total. The first-order valence-electron chi connectivity index (χ1n) is 11.6. The van der Waals surface area contributed by atoms with E-state index in [1.54, 1.807) is 0 Å². The zero-order chi connectivity index (χ0) is 21.5. The lowest BCUT2D eigenvalue weighted by atomic mass is 10.1. The molecule has 0 aromatic heterocycles. The van der Waals surface area contributed by atoms with Crippen LogP contribution in [0.1, 0.15) is 19.3 Å². The number of nitrogens with zero attached hydrogens (tertiary/aromatic N) is 4. The maximum Gasteiger partial charge on any atom is 0.238 e. The molecule has 3 aliphatic rings. The minimum absolute atomic E-state index is 0.0172. The van der Waals surface area contributed by atoms with E-state index >= 15 is 0 Å². The number of nitrogens with one attached hydrogen (secondary N) is 1. The van der Waals surface area contributed by atoms with Gasteiger partial charge in [-0.2, -0.15) is 0 Å². The fourth-order valence-corrected chi connectivity index (χ4v) is 4.52. The third kappa shape index (κ3) is 6.41. The molecule has 2 amide bonds. The van der Waals surface area contributed by atoms with Crippen molar-refractivity contribution in [1.29, 1.82) is 0 Å². The number of hydrogen-bond donors (Lipinski definition) is 1. The molecule has 0 bridgehead atoms. The number of piperazine rings is 1. The van der Waals surface area contributed by atoms with E-state index in [0.717, 1.165) is 45.0 Å². The quantitative estimate of drug-likeness (QED) is 0.730. The summed E-state index contributed by atoms with van der Waals surface area (Å²) in [6, 6.07) is 8.20. The molecule has 0 aliphatic carbocycles. The van der Waals surface area contributed by atoms with E-state index in [9.17, 15) is 9.59 Å². The van der Waals surface area contributed by atoms with Crippen LogP contribution in [-0.2, 0) is 14.3 Å². The molecule has 3 fully saturated rings. The van der Waals surface area contributed by atoms with Gasteiger partial charge in [0.05, 0.1) is 26.3 Å². The predicted molar refractivity (Wildman–Crippen MR) is 121 cm³/mol. The molecule has 1 N–H and O–H groups in total. The molecule has 0 radical (unpaired) electrons. The third-order valence-corrected chi connectivity index (χ3v) is 6.43. The molecule has 31 heavy (non-hydrogen) atoms. The summed E-state index contributed by atoms with van der Waals surface area (Å²) in [5, 5.41) is 3.02. The monoisotopic (exact) mass is 429 g/mol. The van der Waals surface area contributed by atoms with Crippen LogP contribution in [-0.4, -0.2) is 105 Å². The van der Waals surface area contributed by atoms with Crippen LogP contribution in [0.3, 0.4) is 0 Å². The molecule has 0 saturated carbocycles. The van der Waals surface area contributed by atoms with Gasteiger partial charge in [-0.3, -0.25) is 19.4 Å². The Labute approximate surface area is 185 Å². The Morgan fingerprint density at radius 2 is 1.39 bits per heavy atom. The molecule has 0 spiro atoms. The fraction of sp³-hybridized carbons (Fsp3) is 0.652. The van der Waals surface area contributed by atoms with Crippen molar-refractivity contribution in [2.24, 2.45) is 0 Å². The lowest BCUT2D eigenvalue weighted by Gasteiger charge is -2.35. The normalized spacial score (nSPS) is 21.2. The summed E-state index contributed by atoms with van der Waals surface area (Å²) in [4.78, 5) is 33.5. The first-order valence-corrected chi connectivity index (χ1v) is 11.6. The molecule has 0 unspecified atom stereocenters. The highest BCUT2D eigenvalue weighted by Crippen LogP contribution is 2.21. The van der Waals surface area contributed by atoms with Gasteiger partial charge in [0, 0.05) is 63.7 Å². The number of rotatable bonds is 6. The molecule has 170 valence electrons. The highest BCUT2D eigenvalue weighted by molar-refractivity contribution is 5.92. The highest BCUT2D eigenvalue weighted by Gasteiger charge is 2.23. The average Bonchev–Trinajstić information content (AvgIpc) is 2.82. The van der Waals surface area contributed by atoms with Crippen molar-refractivity contribution in [3.63, 3.8) is 0 Å². The van der Waals surface area contributed by atoms with E-state index in [2.05, 4.69) is 32.1 Å². The second-order valence-electron chi connectivity index (χ2n) is 8.69. The summed E-state index contributed by atoms with van der Waals surface area (Å²) in [5.41, 5.74) is 2.08. The van der Waals surface area contributed by atoms with Crippen LogP contribution in [0.5, 0.6) is 0 Å². The van der Waals surface area contributed by atoms with E-state index in [0.29, 0.717) is 39.4 Å². The number of carbonyl (C=O) groups excluding carboxylic acids is 2. The zero-order valence-electron chi connectivity index (χ0n) is 18.4. The van der Waals surface area contributed by atoms with E-state index in [1.807, 2.05) is 17.0 Å². The number of ether oxygens (including phenoxy) is 1. The van der Waals surface area contributed by atoms with E-state index in [1.165, 1.54) is 24.9 Å². The van der Waals surface area contributed by atoms with E-state index < -0.39 is 0 Å². The van der Waals surface area contributed by atoms with E-state index in [4.69, 9.17) is 4.74 Å².